The first kappa shape index (κ1) is 23.4. The topological polar surface area (TPSA) is 45.2 Å². The number of amides is 2. The fourth-order valence-electron chi connectivity index (χ4n) is 6.97. The zero-order valence-electron chi connectivity index (χ0n) is 18.9. The molecule has 0 saturated heterocycles. The minimum atomic E-state index is -4.25. The van der Waals surface area contributed by atoms with E-state index in [1.165, 1.54) is 43.4 Å². The van der Waals surface area contributed by atoms with Crippen molar-refractivity contribution in [1.82, 2.24) is 15.2 Å². The fraction of sp³-hybridized carbons (Fsp3) is 0.760. The van der Waals surface area contributed by atoms with Gasteiger partial charge in [0.1, 0.15) is 0 Å². The molecule has 4 fully saturated rings. The van der Waals surface area contributed by atoms with Gasteiger partial charge in [0.2, 0.25) is 0 Å². The molecule has 32 heavy (non-hydrogen) atoms. The highest BCUT2D eigenvalue weighted by Crippen LogP contribution is 2.61. The van der Waals surface area contributed by atoms with Crippen molar-refractivity contribution in [3.05, 3.63) is 30.1 Å². The zero-order chi connectivity index (χ0) is 22.6. The summed E-state index contributed by atoms with van der Waals surface area (Å²) in [6.07, 6.45) is 9.71. The smallest absolute Gasteiger partial charge is 0.338 e. The molecule has 7 heteroatoms. The third kappa shape index (κ3) is 6.38. The van der Waals surface area contributed by atoms with Crippen LogP contribution in [0.2, 0.25) is 0 Å². The Morgan fingerprint density at radius 3 is 2.25 bits per heavy atom. The largest absolute Gasteiger partial charge is 0.390 e. The number of hydrogen-bond acceptors (Lipinski definition) is 2. The molecule has 0 radical (unpaired) electrons. The maximum Gasteiger partial charge on any atom is 0.390 e. The van der Waals surface area contributed by atoms with Crippen LogP contribution in [-0.4, -0.2) is 41.7 Å². The molecule has 0 aromatic carbocycles. The van der Waals surface area contributed by atoms with Gasteiger partial charge in [0, 0.05) is 32.0 Å². The molecule has 178 valence electrons. The van der Waals surface area contributed by atoms with Gasteiger partial charge in [0.25, 0.3) is 0 Å². The standard InChI is InChI=1S/C25H36F3N3O/c26-25(27,28)7-12-31(23(32)30-8-1-3-19-4-9-29-10-5-19)11-2-6-24-16-20-13-21(17-24)15-22(14-20)18-24/h4-5,9-10,20-22H,1-3,6-8,11-18H2,(H,30,32). The number of carbonyl (C=O) groups excluding carboxylic acids is 1. The number of urea groups is 1. The Morgan fingerprint density at radius 1 is 1.03 bits per heavy atom. The number of carbonyl (C=O) groups is 1. The average Bonchev–Trinajstić information content (AvgIpc) is 2.72. The SMILES string of the molecule is O=C(NCCCc1ccncc1)N(CCCC12CC3CC(CC(C3)C1)C2)CCC(F)(F)F. The lowest BCUT2D eigenvalue weighted by Crippen LogP contribution is -2.47. The molecule has 0 atom stereocenters. The van der Waals surface area contributed by atoms with Gasteiger partial charge in [-0.15, -0.1) is 0 Å². The summed E-state index contributed by atoms with van der Waals surface area (Å²) < 4.78 is 38.5. The number of alkyl halides is 3. The van der Waals surface area contributed by atoms with Crippen molar-refractivity contribution in [2.45, 2.75) is 76.8 Å². The Bertz CT molecular complexity index is 717. The Morgan fingerprint density at radius 2 is 1.66 bits per heavy atom. The lowest BCUT2D eigenvalue weighted by molar-refractivity contribution is -0.136. The van der Waals surface area contributed by atoms with E-state index in [-0.39, 0.29) is 12.6 Å². The summed E-state index contributed by atoms with van der Waals surface area (Å²) in [6, 6.07) is 3.50. The van der Waals surface area contributed by atoms with Crippen LogP contribution < -0.4 is 5.32 Å². The number of nitrogens with zero attached hydrogens (tertiary/aromatic N) is 2. The molecule has 0 aliphatic heterocycles. The van der Waals surface area contributed by atoms with Gasteiger partial charge in [0.15, 0.2) is 0 Å². The van der Waals surface area contributed by atoms with E-state index in [1.807, 2.05) is 12.1 Å². The van der Waals surface area contributed by atoms with Crippen LogP contribution in [0.4, 0.5) is 18.0 Å². The number of pyridine rings is 1. The van der Waals surface area contributed by atoms with Crippen LogP contribution in [0.3, 0.4) is 0 Å². The normalized spacial score (nSPS) is 28.7. The summed E-state index contributed by atoms with van der Waals surface area (Å²) in [5, 5.41) is 2.84. The molecule has 1 N–H and O–H groups in total. The minimum absolute atomic E-state index is 0.263. The second-order valence-corrected chi connectivity index (χ2v) is 10.6. The molecule has 4 bridgehead atoms. The zero-order valence-corrected chi connectivity index (χ0v) is 18.9. The Balaban J connectivity index is 1.24. The predicted molar refractivity (Wildman–Crippen MR) is 118 cm³/mol. The number of nitrogens with one attached hydrogen (secondary N) is 1. The highest BCUT2D eigenvalue weighted by molar-refractivity contribution is 5.74. The van der Waals surface area contributed by atoms with Crippen LogP contribution in [0.5, 0.6) is 0 Å². The van der Waals surface area contributed by atoms with E-state index in [4.69, 9.17) is 0 Å². The molecule has 0 unspecified atom stereocenters. The Kier molecular flexibility index (Phi) is 7.30. The fourth-order valence-corrected chi connectivity index (χ4v) is 6.97. The number of rotatable bonds is 10. The molecular weight excluding hydrogens is 415 g/mol. The molecule has 1 aromatic heterocycles. The van der Waals surface area contributed by atoms with E-state index in [1.54, 1.807) is 12.4 Å². The highest BCUT2D eigenvalue weighted by atomic mass is 19.4. The summed E-state index contributed by atoms with van der Waals surface area (Å²) in [5.74, 6) is 2.60. The van der Waals surface area contributed by atoms with Gasteiger partial charge >= 0.3 is 12.2 Å². The molecule has 5 rings (SSSR count). The maximum absolute atomic E-state index is 12.8. The number of halogens is 3. The van der Waals surface area contributed by atoms with Gasteiger partial charge in [-0.05, 0) is 105 Å². The van der Waals surface area contributed by atoms with Gasteiger partial charge < -0.3 is 10.2 Å². The van der Waals surface area contributed by atoms with Gasteiger partial charge in [-0.1, -0.05) is 0 Å². The van der Waals surface area contributed by atoms with Crippen LogP contribution in [0.25, 0.3) is 0 Å². The van der Waals surface area contributed by atoms with Crippen molar-refractivity contribution < 1.29 is 18.0 Å². The van der Waals surface area contributed by atoms with Gasteiger partial charge in [0.05, 0.1) is 6.42 Å². The van der Waals surface area contributed by atoms with Crippen molar-refractivity contribution in [3.63, 3.8) is 0 Å². The van der Waals surface area contributed by atoms with Crippen molar-refractivity contribution in [1.29, 1.82) is 0 Å². The molecule has 4 aliphatic rings. The van der Waals surface area contributed by atoms with E-state index in [9.17, 15) is 18.0 Å². The first-order valence-electron chi connectivity index (χ1n) is 12.3. The third-order valence-electron chi connectivity index (χ3n) is 7.92. The van der Waals surface area contributed by atoms with Crippen LogP contribution >= 0.6 is 0 Å². The Hall–Kier alpha value is -1.79. The van der Waals surface area contributed by atoms with Gasteiger partial charge in [-0.25, -0.2) is 4.79 Å². The molecular formula is C25H36F3N3O. The van der Waals surface area contributed by atoms with Crippen molar-refractivity contribution in [2.24, 2.45) is 23.2 Å². The number of aryl methyl sites for hydroxylation is 1. The first-order valence-corrected chi connectivity index (χ1v) is 12.3. The molecule has 4 saturated carbocycles. The summed E-state index contributed by atoms with van der Waals surface area (Å²) >= 11 is 0. The van der Waals surface area contributed by atoms with Crippen molar-refractivity contribution in [3.8, 4) is 0 Å². The molecule has 4 nitrogen and oxygen atoms in total. The van der Waals surface area contributed by atoms with Crippen LogP contribution in [0, 0.1) is 23.2 Å². The number of hydrogen-bond donors (Lipinski definition) is 1. The molecule has 1 aromatic rings. The van der Waals surface area contributed by atoms with Crippen molar-refractivity contribution >= 4 is 6.03 Å². The summed E-state index contributed by atoms with van der Waals surface area (Å²) in [5.41, 5.74) is 1.53. The predicted octanol–water partition coefficient (Wildman–Crippen LogP) is 5.97. The monoisotopic (exact) mass is 451 g/mol. The van der Waals surface area contributed by atoms with E-state index < -0.39 is 12.6 Å². The second kappa shape index (κ2) is 10.0. The van der Waals surface area contributed by atoms with Gasteiger partial charge in [-0.3, -0.25) is 4.98 Å². The molecule has 4 aliphatic carbocycles. The minimum Gasteiger partial charge on any atom is -0.338 e. The maximum atomic E-state index is 12.8. The highest BCUT2D eigenvalue weighted by Gasteiger charge is 2.50. The van der Waals surface area contributed by atoms with Crippen LogP contribution in [0.15, 0.2) is 24.5 Å². The lowest BCUT2D eigenvalue weighted by atomic mass is 9.48. The third-order valence-corrected chi connectivity index (χ3v) is 7.92. The van der Waals surface area contributed by atoms with E-state index in [0.717, 1.165) is 49.0 Å². The van der Waals surface area contributed by atoms with Gasteiger partial charge in [-0.2, -0.15) is 13.2 Å². The van der Waals surface area contributed by atoms with Crippen molar-refractivity contribution in [2.75, 3.05) is 19.6 Å². The first-order chi connectivity index (χ1) is 15.3. The summed E-state index contributed by atoms with van der Waals surface area (Å²) in [7, 11) is 0. The van der Waals surface area contributed by atoms with E-state index in [0.29, 0.717) is 18.5 Å². The summed E-state index contributed by atoms with van der Waals surface area (Å²) in [4.78, 5) is 18.0. The summed E-state index contributed by atoms with van der Waals surface area (Å²) in [6.45, 7) is 0.604. The average molecular weight is 452 g/mol. The molecule has 2 amide bonds. The van der Waals surface area contributed by atoms with E-state index in [2.05, 4.69) is 10.3 Å². The second-order valence-electron chi connectivity index (χ2n) is 10.6. The van der Waals surface area contributed by atoms with Crippen LogP contribution in [-0.2, 0) is 6.42 Å². The molecule has 1 heterocycles. The number of aromatic nitrogens is 1. The molecule has 0 spiro atoms. The Labute approximate surface area is 189 Å². The lowest BCUT2D eigenvalue weighted by Gasteiger charge is -2.57. The van der Waals surface area contributed by atoms with Crippen LogP contribution in [0.1, 0.15) is 69.8 Å². The van der Waals surface area contributed by atoms with E-state index >= 15 is 0 Å². The quantitative estimate of drug-likeness (QED) is 0.445.